The Hall–Kier alpha value is -1.68. The molecule has 1 N–H and O–H groups in total. The van der Waals surface area contributed by atoms with Crippen LogP contribution in [0.5, 0.6) is 0 Å². The fourth-order valence-corrected chi connectivity index (χ4v) is 3.24. The topological polar surface area (TPSA) is 26.7 Å². The van der Waals surface area contributed by atoms with Gasteiger partial charge in [-0.1, -0.05) is 60.7 Å². The van der Waals surface area contributed by atoms with Crippen LogP contribution >= 0.6 is 0 Å². The number of aliphatic hydroxyl groups is 1. The number of nitrogens with zero attached hydrogens (tertiary/aromatic N) is 2. The zero-order chi connectivity index (χ0) is 15.9. The summed E-state index contributed by atoms with van der Waals surface area (Å²) >= 11 is 0. The number of benzene rings is 2. The van der Waals surface area contributed by atoms with E-state index in [0.29, 0.717) is 12.5 Å². The predicted molar refractivity (Wildman–Crippen MR) is 93.8 cm³/mol. The van der Waals surface area contributed by atoms with Gasteiger partial charge in [0.25, 0.3) is 0 Å². The highest BCUT2D eigenvalue weighted by Crippen LogP contribution is 2.20. The van der Waals surface area contributed by atoms with Crippen molar-refractivity contribution in [1.82, 2.24) is 10.0 Å². The molecule has 0 spiro atoms. The summed E-state index contributed by atoms with van der Waals surface area (Å²) in [6, 6.07) is 21.3. The quantitative estimate of drug-likeness (QED) is 0.852. The highest BCUT2D eigenvalue weighted by molar-refractivity contribution is 5.16. The molecule has 0 amide bonds. The summed E-state index contributed by atoms with van der Waals surface area (Å²) in [5, 5.41) is 14.3. The molecular formula is C20H26N2O. The van der Waals surface area contributed by atoms with Gasteiger partial charge in [0, 0.05) is 32.8 Å². The smallest absolute Gasteiger partial charge is 0.0472 e. The van der Waals surface area contributed by atoms with Gasteiger partial charge in [-0.2, -0.15) is 0 Å². The lowest BCUT2D eigenvalue weighted by atomic mass is 10.1. The Labute approximate surface area is 139 Å². The number of hydrogen-bond acceptors (Lipinski definition) is 3. The van der Waals surface area contributed by atoms with E-state index in [2.05, 4.69) is 70.7 Å². The highest BCUT2D eigenvalue weighted by atomic mass is 16.3. The summed E-state index contributed by atoms with van der Waals surface area (Å²) < 4.78 is 0. The fourth-order valence-electron chi connectivity index (χ4n) is 3.24. The van der Waals surface area contributed by atoms with E-state index in [1.165, 1.54) is 11.1 Å². The first-order valence-electron chi connectivity index (χ1n) is 8.53. The molecule has 0 saturated carbocycles. The van der Waals surface area contributed by atoms with Crippen molar-refractivity contribution in [2.24, 2.45) is 5.92 Å². The standard InChI is InChI=1S/C20H26N2O/c23-17-20-12-14-22(16-20)21(15-19-9-5-2-6-10-19)13-11-18-7-3-1-4-8-18/h1-10,20,23H,11-17H2. The van der Waals surface area contributed by atoms with E-state index in [0.717, 1.165) is 39.0 Å². The van der Waals surface area contributed by atoms with Crippen LogP contribution < -0.4 is 0 Å². The Bertz CT molecular complexity index is 573. The van der Waals surface area contributed by atoms with E-state index in [4.69, 9.17) is 0 Å². The van der Waals surface area contributed by atoms with Crippen LogP contribution in [-0.2, 0) is 13.0 Å². The minimum Gasteiger partial charge on any atom is -0.396 e. The first kappa shape index (κ1) is 16.2. The molecule has 1 fully saturated rings. The first-order chi connectivity index (χ1) is 11.3. The van der Waals surface area contributed by atoms with Crippen LogP contribution in [0.25, 0.3) is 0 Å². The first-order valence-corrected chi connectivity index (χ1v) is 8.53. The van der Waals surface area contributed by atoms with Crippen molar-refractivity contribution in [3.8, 4) is 0 Å². The summed E-state index contributed by atoms with van der Waals surface area (Å²) in [6.45, 7) is 4.27. The second-order valence-corrected chi connectivity index (χ2v) is 6.36. The number of rotatable bonds is 7. The Morgan fingerprint density at radius 1 is 0.957 bits per heavy atom. The van der Waals surface area contributed by atoms with Crippen molar-refractivity contribution in [2.45, 2.75) is 19.4 Å². The largest absolute Gasteiger partial charge is 0.396 e. The van der Waals surface area contributed by atoms with Gasteiger partial charge in [0.2, 0.25) is 0 Å². The highest BCUT2D eigenvalue weighted by Gasteiger charge is 2.26. The molecule has 0 radical (unpaired) electrons. The second-order valence-electron chi connectivity index (χ2n) is 6.36. The van der Waals surface area contributed by atoms with E-state index >= 15 is 0 Å². The number of aliphatic hydroxyl groups excluding tert-OH is 1. The van der Waals surface area contributed by atoms with Crippen molar-refractivity contribution in [2.75, 3.05) is 26.2 Å². The van der Waals surface area contributed by atoms with Crippen molar-refractivity contribution in [3.63, 3.8) is 0 Å². The van der Waals surface area contributed by atoms with Gasteiger partial charge >= 0.3 is 0 Å². The monoisotopic (exact) mass is 310 g/mol. The molecule has 0 aromatic heterocycles. The van der Waals surface area contributed by atoms with Crippen LogP contribution in [0.2, 0.25) is 0 Å². The van der Waals surface area contributed by atoms with Gasteiger partial charge in [0.1, 0.15) is 0 Å². The van der Waals surface area contributed by atoms with Gasteiger partial charge in [-0.25, -0.2) is 10.0 Å². The zero-order valence-corrected chi connectivity index (χ0v) is 13.6. The SMILES string of the molecule is OCC1CCN(N(CCc2ccccc2)Cc2ccccc2)C1. The third-order valence-corrected chi connectivity index (χ3v) is 4.63. The van der Waals surface area contributed by atoms with Crippen LogP contribution in [0.3, 0.4) is 0 Å². The summed E-state index contributed by atoms with van der Waals surface area (Å²) in [6.07, 6.45) is 2.14. The molecule has 1 atom stereocenters. The maximum atomic E-state index is 9.42. The lowest BCUT2D eigenvalue weighted by Crippen LogP contribution is -2.42. The third kappa shape index (κ3) is 4.64. The summed E-state index contributed by atoms with van der Waals surface area (Å²) in [5.74, 6) is 0.421. The number of hydrazine groups is 1. The molecule has 2 aromatic carbocycles. The predicted octanol–water partition coefficient (Wildman–Crippen LogP) is 2.96. The van der Waals surface area contributed by atoms with E-state index in [1.54, 1.807) is 0 Å². The molecule has 0 aliphatic carbocycles. The Balaban J connectivity index is 1.65. The Kier molecular flexibility index (Phi) is 5.81. The van der Waals surface area contributed by atoms with E-state index in [9.17, 15) is 5.11 Å². The zero-order valence-electron chi connectivity index (χ0n) is 13.6. The summed E-state index contributed by atoms with van der Waals surface area (Å²) in [5.41, 5.74) is 2.72. The maximum absolute atomic E-state index is 9.42. The molecule has 1 aliphatic rings. The van der Waals surface area contributed by atoms with E-state index in [1.807, 2.05) is 0 Å². The van der Waals surface area contributed by atoms with Gasteiger partial charge in [0.05, 0.1) is 0 Å². The molecule has 3 nitrogen and oxygen atoms in total. The molecule has 3 rings (SSSR count). The summed E-state index contributed by atoms with van der Waals surface area (Å²) in [4.78, 5) is 0. The van der Waals surface area contributed by atoms with Gasteiger partial charge in [-0.3, -0.25) is 0 Å². The average Bonchev–Trinajstić information content (AvgIpc) is 3.09. The van der Waals surface area contributed by atoms with Crippen molar-refractivity contribution in [3.05, 3.63) is 71.8 Å². The molecule has 23 heavy (non-hydrogen) atoms. The normalized spacial score (nSPS) is 18.6. The number of hydrogen-bond donors (Lipinski definition) is 1. The molecule has 122 valence electrons. The molecule has 0 bridgehead atoms. The Morgan fingerprint density at radius 3 is 2.22 bits per heavy atom. The summed E-state index contributed by atoms with van der Waals surface area (Å²) in [7, 11) is 0. The maximum Gasteiger partial charge on any atom is 0.0472 e. The molecule has 1 aliphatic heterocycles. The minimum absolute atomic E-state index is 0.300. The van der Waals surface area contributed by atoms with Crippen LogP contribution in [-0.4, -0.2) is 41.4 Å². The van der Waals surface area contributed by atoms with Gasteiger partial charge in [0.15, 0.2) is 0 Å². The molecular weight excluding hydrogens is 284 g/mol. The third-order valence-electron chi connectivity index (χ3n) is 4.63. The van der Waals surface area contributed by atoms with E-state index in [-0.39, 0.29) is 0 Å². The second kappa shape index (κ2) is 8.25. The van der Waals surface area contributed by atoms with Gasteiger partial charge < -0.3 is 5.11 Å². The van der Waals surface area contributed by atoms with E-state index < -0.39 is 0 Å². The molecule has 1 unspecified atom stereocenters. The van der Waals surface area contributed by atoms with Crippen LogP contribution in [0.15, 0.2) is 60.7 Å². The van der Waals surface area contributed by atoms with Crippen LogP contribution in [0.4, 0.5) is 0 Å². The van der Waals surface area contributed by atoms with Gasteiger partial charge in [-0.05, 0) is 29.9 Å². The van der Waals surface area contributed by atoms with Gasteiger partial charge in [-0.15, -0.1) is 0 Å². The Morgan fingerprint density at radius 2 is 1.61 bits per heavy atom. The van der Waals surface area contributed by atoms with Crippen LogP contribution in [0.1, 0.15) is 17.5 Å². The molecule has 1 heterocycles. The van der Waals surface area contributed by atoms with Crippen molar-refractivity contribution < 1.29 is 5.11 Å². The molecule has 2 aromatic rings. The lowest BCUT2D eigenvalue weighted by Gasteiger charge is -2.32. The lowest BCUT2D eigenvalue weighted by molar-refractivity contribution is -0.0160. The molecule has 3 heteroatoms. The van der Waals surface area contributed by atoms with Crippen molar-refractivity contribution >= 4 is 0 Å². The van der Waals surface area contributed by atoms with Crippen molar-refractivity contribution in [1.29, 1.82) is 0 Å². The minimum atomic E-state index is 0.300. The molecule has 1 saturated heterocycles. The van der Waals surface area contributed by atoms with Crippen LogP contribution in [0, 0.1) is 5.92 Å². The fraction of sp³-hybridized carbons (Fsp3) is 0.400. The average molecular weight is 310 g/mol.